The second kappa shape index (κ2) is 5.88. The Kier molecular flexibility index (Phi) is 4.36. The predicted octanol–water partition coefficient (Wildman–Crippen LogP) is 1.19. The second-order valence-corrected chi connectivity index (χ2v) is 5.02. The number of primary amides is 1. The number of ether oxygens (including phenoxy) is 1. The molecule has 21 heavy (non-hydrogen) atoms. The molecule has 1 saturated heterocycles. The number of aromatic nitrogens is 1. The summed E-state index contributed by atoms with van der Waals surface area (Å²) in [5.74, 6) is -3.46. The van der Waals surface area contributed by atoms with Gasteiger partial charge in [-0.15, -0.1) is 0 Å². The molecule has 116 valence electrons. The van der Waals surface area contributed by atoms with Gasteiger partial charge >= 0.3 is 6.18 Å². The molecule has 0 radical (unpaired) electrons. The number of rotatable bonds is 4. The Morgan fingerprint density at radius 1 is 1.48 bits per heavy atom. The quantitative estimate of drug-likeness (QED) is 0.907. The molecule has 2 rings (SSSR count). The molecule has 1 fully saturated rings. The van der Waals surface area contributed by atoms with Crippen molar-refractivity contribution in [2.24, 2.45) is 17.6 Å². The van der Waals surface area contributed by atoms with Crippen LogP contribution < -0.4 is 10.5 Å². The molecule has 5 nitrogen and oxygen atoms in total. The van der Waals surface area contributed by atoms with Crippen LogP contribution in [0.3, 0.4) is 0 Å². The maximum Gasteiger partial charge on any atom is 0.393 e. The minimum absolute atomic E-state index is 0.0155. The Balaban J connectivity index is 2.10. The van der Waals surface area contributed by atoms with E-state index in [-0.39, 0.29) is 19.6 Å². The smallest absolute Gasteiger partial charge is 0.393 e. The van der Waals surface area contributed by atoms with Crippen molar-refractivity contribution < 1.29 is 22.7 Å². The molecular weight excluding hydrogens is 287 g/mol. The molecule has 8 heteroatoms. The van der Waals surface area contributed by atoms with Crippen LogP contribution >= 0.6 is 0 Å². The van der Waals surface area contributed by atoms with E-state index in [4.69, 9.17) is 10.5 Å². The zero-order chi connectivity index (χ0) is 15.6. The van der Waals surface area contributed by atoms with Crippen molar-refractivity contribution in [2.75, 3.05) is 20.2 Å². The van der Waals surface area contributed by atoms with Gasteiger partial charge in [-0.3, -0.25) is 9.69 Å². The minimum atomic E-state index is -4.43. The van der Waals surface area contributed by atoms with Crippen molar-refractivity contribution in [3.05, 3.63) is 23.9 Å². The van der Waals surface area contributed by atoms with E-state index in [0.29, 0.717) is 11.6 Å². The molecule has 1 aromatic rings. The molecule has 0 saturated carbocycles. The average Bonchev–Trinajstić information content (AvgIpc) is 2.83. The van der Waals surface area contributed by atoms with Crippen LogP contribution in [0, 0.1) is 11.8 Å². The molecule has 1 aliphatic heterocycles. The first kappa shape index (κ1) is 15.6. The highest BCUT2D eigenvalue weighted by molar-refractivity contribution is 5.77. The van der Waals surface area contributed by atoms with Gasteiger partial charge in [-0.05, 0) is 6.07 Å². The second-order valence-electron chi connectivity index (χ2n) is 5.02. The van der Waals surface area contributed by atoms with Crippen molar-refractivity contribution in [3.63, 3.8) is 0 Å². The van der Waals surface area contributed by atoms with E-state index in [1.165, 1.54) is 12.0 Å². The number of carbonyl (C=O) groups excluding carboxylic acids is 1. The number of amides is 1. The van der Waals surface area contributed by atoms with Crippen molar-refractivity contribution in [1.29, 1.82) is 0 Å². The Labute approximate surface area is 119 Å². The van der Waals surface area contributed by atoms with E-state index in [0.717, 1.165) is 0 Å². The zero-order valence-corrected chi connectivity index (χ0v) is 11.4. The van der Waals surface area contributed by atoms with Gasteiger partial charge in [-0.25, -0.2) is 4.98 Å². The Hall–Kier alpha value is -1.83. The summed E-state index contributed by atoms with van der Waals surface area (Å²) in [7, 11) is 1.46. The van der Waals surface area contributed by atoms with Crippen molar-refractivity contribution in [1.82, 2.24) is 9.88 Å². The van der Waals surface area contributed by atoms with Crippen LogP contribution in [0.4, 0.5) is 13.2 Å². The lowest BCUT2D eigenvalue weighted by atomic mass is 9.95. The van der Waals surface area contributed by atoms with Crippen LogP contribution in [0.25, 0.3) is 0 Å². The van der Waals surface area contributed by atoms with E-state index in [2.05, 4.69) is 4.98 Å². The molecule has 1 aromatic heterocycles. The van der Waals surface area contributed by atoms with Gasteiger partial charge in [0.25, 0.3) is 0 Å². The number of hydrogen-bond donors (Lipinski definition) is 1. The lowest BCUT2D eigenvalue weighted by molar-refractivity contribution is -0.182. The Bertz CT molecular complexity index is 522. The van der Waals surface area contributed by atoms with Gasteiger partial charge < -0.3 is 10.5 Å². The number of pyridine rings is 1. The van der Waals surface area contributed by atoms with Crippen LogP contribution in [0.15, 0.2) is 18.2 Å². The molecule has 0 spiro atoms. The van der Waals surface area contributed by atoms with Gasteiger partial charge in [0, 0.05) is 25.7 Å². The number of hydrogen-bond acceptors (Lipinski definition) is 4. The minimum Gasteiger partial charge on any atom is -0.481 e. The lowest BCUT2D eigenvalue weighted by Crippen LogP contribution is -2.37. The summed E-state index contributed by atoms with van der Waals surface area (Å²) < 4.78 is 43.8. The van der Waals surface area contributed by atoms with E-state index in [1.807, 2.05) is 0 Å². The number of halogens is 3. The van der Waals surface area contributed by atoms with Crippen LogP contribution in [-0.4, -0.2) is 42.2 Å². The van der Waals surface area contributed by atoms with Crippen molar-refractivity contribution >= 4 is 5.91 Å². The van der Waals surface area contributed by atoms with Crippen LogP contribution in [-0.2, 0) is 11.3 Å². The number of carbonyl (C=O) groups is 1. The van der Waals surface area contributed by atoms with Gasteiger partial charge in [0.05, 0.1) is 24.6 Å². The third kappa shape index (κ3) is 3.63. The summed E-state index contributed by atoms with van der Waals surface area (Å²) in [5, 5.41) is 0. The van der Waals surface area contributed by atoms with E-state index in [9.17, 15) is 18.0 Å². The van der Waals surface area contributed by atoms with E-state index < -0.39 is 23.9 Å². The Morgan fingerprint density at radius 2 is 2.19 bits per heavy atom. The molecule has 0 aromatic carbocycles. The molecule has 1 aliphatic rings. The molecule has 1 amide bonds. The van der Waals surface area contributed by atoms with Gasteiger partial charge in [-0.2, -0.15) is 13.2 Å². The monoisotopic (exact) mass is 303 g/mol. The average molecular weight is 303 g/mol. The van der Waals surface area contributed by atoms with Crippen LogP contribution in [0.2, 0.25) is 0 Å². The fraction of sp³-hybridized carbons (Fsp3) is 0.538. The van der Waals surface area contributed by atoms with Crippen molar-refractivity contribution in [3.8, 4) is 5.88 Å². The normalized spacial score (nSPS) is 23.2. The third-order valence-corrected chi connectivity index (χ3v) is 3.56. The number of likely N-dealkylation sites (tertiary alicyclic amines) is 1. The van der Waals surface area contributed by atoms with Crippen LogP contribution in [0.5, 0.6) is 5.88 Å². The first-order valence-corrected chi connectivity index (χ1v) is 6.39. The number of nitrogens with two attached hydrogens (primary N) is 1. The number of methoxy groups -OCH3 is 1. The summed E-state index contributed by atoms with van der Waals surface area (Å²) in [6, 6.07) is 5.06. The lowest BCUT2D eigenvalue weighted by Gasteiger charge is -2.18. The van der Waals surface area contributed by atoms with Gasteiger partial charge in [0.2, 0.25) is 11.8 Å². The fourth-order valence-corrected chi connectivity index (χ4v) is 2.52. The standard InChI is InChI=1S/C13H16F3N3O2/c1-21-11-4-2-3-8(18-11)5-19-6-9(12(17)20)10(7-19)13(14,15)16/h2-4,9-10H,5-7H2,1H3,(H2,17,20)/t9-,10-/m1/s1. The van der Waals surface area contributed by atoms with Crippen LogP contribution in [0.1, 0.15) is 5.69 Å². The number of nitrogens with zero attached hydrogens (tertiary/aromatic N) is 2. The fourth-order valence-electron chi connectivity index (χ4n) is 2.52. The largest absolute Gasteiger partial charge is 0.481 e. The van der Waals surface area contributed by atoms with E-state index in [1.54, 1.807) is 18.2 Å². The maximum atomic E-state index is 12.9. The highest BCUT2D eigenvalue weighted by atomic mass is 19.4. The van der Waals surface area contributed by atoms with Gasteiger partial charge in [-0.1, -0.05) is 6.07 Å². The maximum absolute atomic E-state index is 12.9. The summed E-state index contributed by atoms with van der Waals surface area (Å²) in [5.41, 5.74) is 5.67. The van der Waals surface area contributed by atoms with Gasteiger partial charge in [0.1, 0.15) is 0 Å². The first-order valence-electron chi connectivity index (χ1n) is 6.39. The van der Waals surface area contributed by atoms with Crippen molar-refractivity contribution in [2.45, 2.75) is 12.7 Å². The molecule has 2 atom stereocenters. The molecular formula is C13H16F3N3O2. The summed E-state index contributed by atoms with van der Waals surface area (Å²) in [6.45, 7) is -0.0536. The predicted molar refractivity (Wildman–Crippen MR) is 68.3 cm³/mol. The summed E-state index contributed by atoms with van der Waals surface area (Å²) in [6.07, 6.45) is -4.43. The highest BCUT2D eigenvalue weighted by Gasteiger charge is 2.51. The number of alkyl halides is 3. The van der Waals surface area contributed by atoms with E-state index >= 15 is 0 Å². The molecule has 0 aliphatic carbocycles. The first-order chi connectivity index (χ1) is 9.81. The zero-order valence-electron chi connectivity index (χ0n) is 11.4. The molecule has 2 N–H and O–H groups in total. The third-order valence-electron chi connectivity index (χ3n) is 3.56. The molecule has 0 unspecified atom stereocenters. The summed E-state index contributed by atoms with van der Waals surface area (Å²) in [4.78, 5) is 16.9. The topological polar surface area (TPSA) is 68.5 Å². The molecule has 0 bridgehead atoms. The SMILES string of the molecule is COc1cccc(CN2C[C@@H](C(F)(F)F)[C@H](C(N)=O)C2)n1. The highest BCUT2D eigenvalue weighted by Crippen LogP contribution is 2.37. The van der Waals surface area contributed by atoms with Gasteiger partial charge in [0.15, 0.2) is 0 Å². The molecule has 2 heterocycles. The summed E-state index contributed by atoms with van der Waals surface area (Å²) >= 11 is 0. The Morgan fingerprint density at radius 3 is 2.71 bits per heavy atom.